The number of thiophene rings is 1. The van der Waals surface area contributed by atoms with Crippen molar-refractivity contribution < 1.29 is 4.92 Å². The highest BCUT2D eigenvalue weighted by molar-refractivity contribution is 7.08. The van der Waals surface area contributed by atoms with Gasteiger partial charge in [0.1, 0.15) is 0 Å². The van der Waals surface area contributed by atoms with Crippen molar-refractivity contribution in [3.05, 3.63) is 79.6 Å². The molecule has 25 heavy (non-hydrogen) atoms. The molecule has 6 nitrogen and oxygen atoms in total. The largest absolute Gasteiger partial charge is 0.269 e. The highest BCUT2D eigenvalue weighted by Gasteiger charge is 2.10. The number of nitro benzene ring substituents is 1. The zero-order valence-corrected chi connectivity index (χ0v) is 14.7. The SMILES string of the molecule is C=CCN=c1scc(-c2ccc([N+](=O)[O-])cc2)n1N=Cc1ccsc1. The summed E-state index contributed by atoms with van der Waals surface area (Å²) in [5.74, 6) is 0. The van der Waals surface area contributed by atoms with E-state index in [0.29, 0.717) is 6.54 Å². The van der Waals surface area contributed by atoms with E-state index in [9.17, 15) is 10.1 Å². The van der Waals surface area contributed by atoms with Crippen LogP contribution in [-0.2, 0) is 0 Å². The fourth-order valence-corrected chi connectivity index (χ4v) is 3.55. The van der Waals surface area contributed by atoms with Gasteiger partial charge >= 0.3 is 0 Å². The Labute approximate surface area is 151 Å². The summed E-state index contributed by atoms with van der Waals surface area (Å²) < 4.78 is 1.74. The number of aromatic nitrogens is 1. The van der Waals surface area contributed by atoms with Crippen molar-refractivity contribution in [2.75, 3.05) is 6.54 Å². The number of thiazole rings is 1. The van der Waals surface area contributed by atoms with Crippen LogP contribution in [0, 0.1) is 10.1 Å². The fraction of sp³-hybridized carbons (Fsp3) is 0.0588. The Hall–Kier alpha value is -2.84. The summed E-state index contributed by atoms with van der Waals surface area (Å²) >= 11 is 3.06. The lowest BCUT2D eigenvalue weighted by Gasteiger charge is -2.03. The molecule has 0 saturated heterocycles. The number of nitrogens with zero attached hydrogens (tertiary/aromatic N) is 4. The van der Waals surface area contributed by atoms with E-state index in [-0.39, 0.29) is 5.69 Å². The molecule has 0 bridgehead atoms. The predicted molar refractivity (Wildman–Crippen MR) is 102 cm³/mol. The number of benzene rings is 1. The number of rotatable bonds is 6. The smallest absolute Gasteiger partial charge is 0.258 e. The van der Waals surface area contributed by atoms with Crippen LogP contribution in [-0.4, -0.2) is 22.4 Å². The molecule has 0 spiro atoms. The molecular weight excluding hydrogens is 356 g/mol. The maximum Gasteiger partial charge on any atom is 0.269 e. The van der Waals surface area contributed by atoms with Gasteiger partial charge in [0, 0.05) is 28.6 Å². The molecule has 0 atom stereocenters. The van der Waals surface area contributed by atoms with Crippen LogP contribution < -0.4 is 4.80 Å². The van der Waals surface area contributed by atoms with Crippen molar-refractivity contribution in [2.24, 2.45) is 10.1 Å². The van der Waals surface area contributed by atoms with Gasteiger partial charge in [0.05, 0.1) is 23.4 Å². The van der Waals surface area contributed by atoms with Crippen LogP contribution in [0.2, 0.25) is 0 Å². The van der Waals surface area contributed by atoms with Gasteiger partial charge in [-0.1, -0.05) is 6.08 Å². The van der Waals surface area contributed by atoms with Crippen LogP contribution in [0.25, 0.3) is 11.3 Å². The van der Waals surface area contributed by atoms with Crippen LogP contribution in [0.1, 0.15) is 5.56 Å². The number of nitro groups is 1. The summed E-state index contributed by atoms with van der Waals surface area (Å²) in [5, 5.41) is 21.3. The summed E-state index contributed by atoms with van der Waals surface area (Å²) in [4.78, 5) is 15.6. The molecule has 1 aromatic carbocycles. The zero-order valence-electron chi connectivity index (χ0n) is 13.1. The normalized spacial score (nSPS) is 11.9. The lowest BCUT2D eigenvalue weighted by molar-refractivity contribution is -0.384. The van der Waals surface area contributed by atoms with Crippen LogP contribution in [0.5, 0.6) is 0 Å². The molecule has 126 valence electrons. The minimum absolute atomic E-state index is 0.0591. The van der Waals surface area contributed by atoms with E-state index in [1.807, 2.05) is 22.2 Å². The lowest BCUT2D eigenvalue weighted by Crippen LogP contribution is -2.12. The molecule has 0 fully saturated rings. The molecule has 2 heterocycles. The third-order valence-corrected chi connectivity index (χ3v) is 4.84. The molecule has 0 amide bonds. The Bertz CT molecular complexity index is 967. The summed E-state index contributed by atoms with van der Waals surface area (Å²) in [6.45, 7) is 4.18. The number of hydrogen-bond acceptors (Lipinski definition) is 6. The van der Waals surface area contributed by atoms with E-state index in [4.69, 9.17) is 0 Å². The van der Waals surface area contributed by atoms with E-state index in [2.05, 4.69) is 16.7 Å². The predicted octanol–water partition coefficient (Wildman–Crippen LogP) is 4.16. The molecule has 8 heteroatoms. The highest BCUT2D eigenvalue weighted by atomic mass is 32.1. The van der Waals surface area contributed by atoms with Gasteiger partial charge in [-0.2, -0.15) is 16.4 Å². The van der Waals surface area contributed by atoms with Crippen molar-refractivity contribution >= 4 is 34.6 Å². The molecule has 2 aromatic heterocycles. The third kappa shape index (κ3) is 3.98. The van der Waals surface area contributed by atoms with Crippen molar-refractivity contribution in [2.45, 2.75) is 0 Å². The first-order chi connectivity index (χ1) is 12.2. The van der Waals surface area contributed by atoms with Gasteiger partial charge in [-0.25, -0.2) is 4.68 Å². The van der Waals surface area contributed by atoms with Gasteiger partial charge in [-0.15, -0.1) is 17.9 Å². The monoisotopic (exact) mass is 370 g/mol. The van der Waals surface area contributed by atoms with Gasteiger partial charge in [-0.05, 0) is 29.0 Å². The van der Waals surface area contributed by atoms with Gasteiger partial charge < -0.3 is 0 Å². The van der Waals surface area contributed by atoms with Crippen LogP contribution in [0.4, 0.5) is 5.69 Å². The van der Waals surface area contributed by atoms with E-state index >= 15 is 0 Å². The van der Waals surface area contributed by atoms with Crippen LogP contribution in [0.15, 0.2) is 69.2 Å². The summed E-state index contributed by atoms with van der Waals surface area (Å²) in [7, 11) is 0. The molecule has 0 unspecified atom stereocenters. The van der Waals surface area contributed by atoms with E-state index < -0.39 is 4.92 Å². The minimum atomic E-state index is -0.412. The van der Waals surface area contributed by atoms with Crippen LogP contribution >= 0.6 is 22.7 Å². The van der Waals surface area contributed by atoms with Crippen molar-refractivity contribution in [1.82, 2.24) is 4.68 Å². The molecule has 0 saturated carbocycles. The maximum absolute atomic E-state index is 10.8. The van der Waals surface area contributed by atoms with Crippen molar-refractivity contribution in [3.8, 4) is 11.3 Å². The van der Waals surface area contributed by atoms with Gasteiger partial charge in [0.2, 0.25) is 4.80 Å². The fourth-order valence-electron chi connectivity index (χ4n) is 2.09. The standard InChI is InChI=1S/C17H14N4O2S2/c1-2-8-18-17-20(19-10-13-7-9-24-11-13)16(12-25-17)14-3-5-15(6-4-14)21(22)23/h2-7,9-12H,1,8H2. The van der Waals surface area contributed by atoms with E-state index in [1.54, 1.807) is 40.4 Å². The Morgan fingerprint density at radius 2 is 2.04 bits per heavy atom. The Balaban J connectivity index is 2.05. The van der Waals surface area contributed by atoms with Crippen molar-refractivity contribution in [3.63, 3.8) is 0 Å². The van der Waals surface area contributed by atoms with E-state index in [1.165, 1.54) is 23.5 Å². The Morgan fingerprint density at radius 1 is 1.24 bits per heavy atom. The lowest BCUT2D eigenvalue weighted by atomic mass is 10.1. The summed E-state index contributed by atoms with van der Waals surface area (Å²) in [6.07, 6.45) is 3.49. The average molecular weight is 370 g/mol. The summed E-state index contributed by atoms with van der Waals surface area (Å²) in [5.41, 5.74) is 2.73. The molecule has 0 radical (unpaired) electrons. The number of hydrogen-bond donors (Lipinski definition) is 0. The maximum atomic E-state index is 10.8. The minimum Gasteiger partial charge on any atom is -0.258 e. The van der Waals surface area contributed by atoms with Crippen molar-refractivity contribution in [1.29, 1.82) is 0 Å². The van der Waals surface area contributed by atoms with Gasteiger partial charge in [0.15, 0.2) is 0 Å². The van der Waals surface area contributed by atoms with Gasteiger partial charge in [-0.3, -0.25) is 15.1 Å². The molecule has 0 aliphatic carbocycles. The summed E-state index contributed by atoms with van der Waals surface area (Å²) in [6, 6.07) is 8.39. The molecule has 0 aliphatic rings. The molecule has 3 rings (SSSR count). The second-order valence-electron chi connectivity index (χ2n) is 4.95. The first-order valence-electron chi connectivity index (χ1n) is 7.32. The second-order valence-corrected chi connectivity index (χ2v) is 6.57. The number of non-ortho nitro benzene ring substituents is 1. The van der Waals surface area contributed by atoms with Crippen LogP contribution in [0.3, 0.4) is 0 Å². The first-order valence-corrected chi connectivity index (χ1v) is 9.14. The highest BCUT2D eigenvalue weighted by Crippen LogP contribution is 2.23. The molecule has 3 aromatic rings. The average Bonchev–Trinajstić information content (AvgIpc) is 3.27. The molecular formula is C17H14N4O2S2. The molecule has 0 aliphatic heterocycles. The quantitative estimate of drug-likeness (QED) is 0.283. The topological polar surface area (TPSA) is 72.8 Å². The second kappa shape index (κ2) is 7.82. The Kier molecular flexibility index (Phi) is 5.32. The zero-order chi connectivity index (χ0) is 17.6. The Morgan fingerprint density at radius 3 is 2.68 bits per heavy atom. The van der Waals surface area contributed by atoms with Gasteiger partial charge in [0.25, 0.3) is 5.69 Å². The first kappa shape index (κ1) is 17.0. The third-order valence-electron chi connectivity index (χ3n) is 3.28. The molecule has 0 N–H and O–H groups in total. The van der Waals surface area contributed by atoms with E-state index in [0.717, 1.165) is 21.6 Å².